The fourth-order valence-corrected chi connectivity index (χ4v) is 3.90. The molecule has 0 aliphatic carbocycles. The monoisotopic (exact) mass is 351 g/mol. The van der Waals surface area contributed by atoms with E-state index in [1.165, 1.54) is 11.8 Å². The molecule has 1 fully saturated rings. The number of carbonyl (C=O) groups excluding carboxylic acids is 1. The molecule has 1 saturated heterocycles. The van der Waals surface area contributed by atoms with Gasteiger partial charge >= 0.3 is 5.97 Å². The topological polar surface area (TPSA) is 52.3 Å². The van der Waals surface area contributed by atoms with E-state index in [0.717, 1.165) is 16.8 Å². The highest BCUT2D eigenvalue weighted by atomic mass is 32.2. The third kappa shape index (κ3) is 3.33. The minimum atomic E-state index is -0.263. The first-order chi connectivity index (χ1) is 12.2. The first-order valence-electron chi connectivity index (χ1n) is 8.19. The second kappa shape index (κ2) is 6.76. The first kappa shape index (κ1) is 16.0. The van der Waals surface area contributed by atoms with Gasteiger partial charge in [-0.2, -0.15) is 0 Å². The van der Waals surface area contributed by atoms with Crippen molar-refractivity contribution in [2.75, 3.05) is 0 Å². The molecule has 2 aromatic carbocycles. The van der Waals surface area contributed by atoms with Gasteiger partial charge in [0.1, 0.15) is 17.0 Å². The van der Waals surface area contributed by atoms with Crippen molar-refractivity contribution in [2.24, 2.45) is 0 Å². The van der Waals surface area contributed by atoms with Gasteiger partial charge in [0.25, 0.3) is 5.22 Å². The van der Waals surface area contributed by atoms with Crippen LogP contribution in [0.3, 0.4) is 0 Å². The molecule has 4 rings (SSSR count). The van der Waals surface area contributed by atoms with Gasteiger partial charge in [0.2, 0.25) is 0 Å². The molecule has 0 radical (unpaired) electrons. The van der Waals surface area contributed by atoms with Crippen molar-refractivity contribution in [1.82, 2.24) is 4.98 Å². The summed E-state index contributed by atoms with van der Waals surface area (Å²) in [4.78, 5) is 16.6. The van der Waals surface area contributed by atoms with Crippen molar-refractivity contribution in [3.05, 3.63) is 60.7 Å². The van der Waals surface area contributed by atoms with E-state index in [0.29, 0.717) is 17.4 Å². The zero-order valence-corrected chi connectivity index (χ0v) is 14.5. The van der Waals surface area contributed by atoms with Crippen LogP contribution in [0.1, 0.15) is 13.3 Å². The van der Waals surface area contributed by atoms with Crippen LogP contribution in [0.4, 0.5) is 0 Å². The van der Waals surface area contributed by atoms with Crippen molar-refractivity contribution in [2.45, 2.75) is 29.9 Å². The van der Waals surface area contributed by atoms with E-state index in [9.17, 15) is 4.79 Å². The van der Waals surface area contributed by atoms with Crippen molar-refractivity contribution < 1.29 is 13.9 Å². The Hall–Kier alpha value is -2.53. The van der Waals surface area contributed by atoms with Crippen LogP contribution in [0.2, 0.25) is 0 Å². The maximum Gasteiger partial charge on any atom is 0.320 e. The summed E-state index contributed by atoms with van der Waals surface area (Å²) in [6.45, 7) is 1.90. The fourth-order valence-electron chi connectivity index (χ4n) is 2.87. The molecule has 0 amide bonds. The number of hydrogen-bond acceptors (Lipinski definition) is 5. The van der Waals surface area contributed by atoms with Crippen molar-refractivity contribution in [3.63, 3.8) is 0 Å². The van der Waals surface area contributed by atoms with Gasteiger partial charge in [0, 0.05) is 17.5 Å². The Bertz CT molecular complexity index is 819. The van der Waals surface area contributed by atoms with E-state index in [1.807, 2.05) is 67.6 Å². The van der Waals surface area contributed by atoms with Crippen LogP contribution < -0.4 is 0 Å². The molecular weight excluding hydrogens is 334 g/mol. The lowest BCUT2D eigenvalue weighted by Crippen LogP contribution is -2.09. The second-order valence-electron chi connectivity index (χ2n) is 5.98. The highest BCUT2D eigenvalue weighted by Gasteiger charge is 2.34. The van der Waals surface area contributed by atoms with Gasteiger partial charge in [-0.15, -0.1) is 0 Å². The number of aromatic nitrogens is 1. The molecule has 2 atom stereocenters. The van der Waals surface area contributed by atoms with Crippen molar-refractivity contribution in [3.8, 4) is 22.6 Å². The largest absolute Gasteiger partial charge is 0.462 e. The van der Waals surface area contributed by atoms with Gasteiger partial charge in [-0.25, -0.2) is 4.98 Å². The summed E-state index contributed by atoms with van der Waals surface area (Å²) in [5.41, 5.74) is 2.73. The van der Waals surface area contributed by atoms with Gasteiger partial charge in [0.15, 0.2) is 5.76 Å². The molecule has 0 spiro atoms. The fraction of sp³-hybridized carbons (Fsp3) is 0.200. The third-order valence-corrected chi connectivity index (χ3v) is 5.11. The summed E-state index contributed by atoms with van der Waals surface area (Å²) in [6.07, 6.45) is 0.620. The van der Waals surface area contributed by atoms with E-state index < -0.39 is 0 Å². The number of esters is 1. The highest BCUT2D eigenvalue weighted by Crippen LogP contribution is 2.38. The number of thioether (sulfide) groups is 1. The van der Waals surface area contributed by atoms with Crippen LogP contribution in [-0.2, 0) is 9.53 Å². The number of nitrogens with zero attached hydrogens (tertiary/aromatic N) is 1. The third-order valence-electron chi connectivity index (χ3n) is 4.06. The maximum atomic E-state index is 11.9. The van der Waals surface area contributed by atoms with Gasteiger partial charge < -0.3 is 9.15 Å². The van der Waals surface area contributed by atoms with Crippen LogP contribution in [-0.4, -0.2) is 22.3 Å². The molecular formula is C20H17NO3S. The molecule has 0 saturated carbocycles. The zero-order valence-electron chi connectivity index (χ0n) is 13.7. The van der Waals surface area contributed by atoms with Crippen LogP contribution in [0.15, 0.2) is 70.3 Å². The van der Waals surface area contributed by atoms with Crippen molar-refractivity contribution >= 4 is 17.7 Å². The molecule has 0 N–H and O–H groups in total. The summed E-state index contributed by atoms with van der Waals surface area (Å²) >= 11 is 1.34. The molecule has 5 heteroatoms. The Balaban J connectivity index is 1.72. The molecule has 3 aromatic rings. The van der Waals surface area contributed by atoms with Gasteiger partial charge in [0.05, 0.1) is 0 Å². The number of oxazole rings is 1. The Labute approximate surface area is 150 Å². The molecule has 25 heavy (non-hydrogen) atoms. The predicted molar refractivity (Wildman–Crippen MR) is 97.2 cm³/mol. The molecule has 1 aliphatic heterocycles. The van der Waals surface area contributed by atoms with E-state index in [-0.39, 0.29) is 17.3 Å². The zero-order chi connectivity index (χ0) is 17.2. The van der Waals surface area contributed by atoms with E-state index in [1.54, 1.807) is 0 Å². The van der Waals surface area contributed by atoms with E-state index in [4.69, 9.17) is 9.15 Å². The number of hydrogen-bond donors (Lipinski definition) is 0. The smallest absolute Gasteiger partial charge is 0.320 e. The van der Waals surface area contributed by atoms with Crippen LogP contribution in [0.5, 0.6) is 0 Å². The molecule has 1 aromatic heterocycles. The number of cyclic esters (lactones) is 1. The number of rotatable bonds is 4. The first-order valence-corrected chi connectivity index (χ1v) is 9.07. The van der Waals surface area contributed by atoms with Gasteiger partial charge in [-0.05, 0) is 6.92 Å². The molecule has 2 unspecified atom stereocenters. The Morgan fingerprint density at radius 1 is 1.00 bits per heavy atom. The van der Waals surface area contributed by atoms with Crippen LogP contribution >= 0.6 is 11.8 Å². The normalized spacial score (nSPS) is 19.8. The average molecular weight is 351 g/mol. The summed E-state index contributed by atoms with van der Waals surface area (Å²) in [7, 11) is 0. The van der Waals surface area contributed by atoms with Crippen LogP contribution in [0, 0.1) is 0 Å². The molecule has 4 nitrogen and oxygen atoms in total. The molecule has 1 aliphatic rings. The number of benzene rings is 2. The second-order valence-corrected chi connectivity index (χ2v) is 7.13. The molecule has 126 valence electrons. The Kier molecular flexibility index (Phi) is 4.32. The summed E-state index contributed by atoms with van der Waals surface area (Å²) in [5, 5.41) is 0.231. The minimum absolute atomic E-state index is 0.0536. The predicted octanol–water partition coefficient (Wildman–Crippen LogP) is 4.80. The summed E-state index contributed by atoms with van der Waals surface area (Å²) in [5.74, 6) is 0.520. The van der Waals surface area contributed by atoms with E-state index >= 15 is 0 Å². The molecule has 0 bridgehead atoms. The van der Waals surface area contributed by atoms with Crippen molar-refractivity contribution in [1.29, 1.82) is 0 Å². The number of carbonyl (C=O) groups is 1. The standard InChI is InChI=1S/C20H17NO3S/c1-13-12-16(19(22)23-13)25-20-21-17(14-8-4-2-5-9-14)18(24-20)15-10-6-3-7-11-15/h2-11,13,16H,12H2,1H3. The lowest BCUT2D eigenvalue weighted by atomic mass is 10.1. The van der Waals surface area contributed by atoms with Gasteiger partial charge in [-0.3, -0.25) is 4.79 Å². The van der Waals surface area contributed by atoms with Gasteiger partial charge in [-0.1, -0.05) is 72.4 Å². The quantitative estimate of drug-likeness (QED) is 0.632. The Morgan fingerprint density at radius 3 is 2.24 bits per heavy atom. The SMILES string of the molecule is CC1CC(Sc2nc(-c3ccccc3)c(-c3ccccc3)o2)C(=O)O1. The summed E-state index contributed by atoms with van der Waals surface area (Å²) < 4.78 is 11.3. The lowest BCUT2D eigenvalue weighted by Gasteiger charge is -2.01. The molecule has 2 heterocycles. The number of ether oxygens (including phenoxy) is 1. The average Bonchev–Trinajstić information content (AvgIpc) is 3.20. The highest BCUT2D eigenvalue weighted by molar-refractivity contribution is 8.00. The van der Waals surface area contributed by atoms with Crippen LogP contribution in [0.25, 0.3) is 22.6 Å². The summed E-state index contributed by atoms with van der Waals surface area (Å²) in [6, 6.07) is 19.8. The minimum Gasteiger partial charge on any atom is -0.462 e. The lowest BCUT2D eigenvalue weighted by molar-refractivity contribution is -0.140. The maximum absolute atomic E-state index is 11.9. The Morgan fingerprint density at radius 2 is 1.64 bits per heavy atom. The van der Waals surface area contributed by atoms with E-state index in [2.05, 4.69) is 4.98 Å².